The lowest BCUT2D eigenvalue weighted by atomic mass is 9.93. The van der Waals surface area contributed by atoms with Crippen molar-refractivity contribution in [2.75, 3.05) is 11.5 Å². The molecule has 0 spiro atoms. The maximum atomic E-state index is 13.5. The summed E-state index contributed by atoms with van der Waals surface area (Å²) in [6.45, 7) is -0.479. The van der Waals surface area contributed by atoms with E-state index in [1.165, 1.54) is 29.2 Å². The van der Waals surface area contributed by atoms with Gasteiger partial charge in [0.25, 0.3) is 0 Å². The number of hydrogen-bond acceptors (Lipinski definition) is 5. The second-order valence-electron chi connectivity index (χ2n) is 7.98. The van der Waals surface area contributed by atoms with Crippen LogP contribution in [-0.4, -0.2) is 41.1 Å². The summed E-state index contributed by atoms with van der Waals surface area (Å²) >= 11 is 0. The van der Waals surface area contributed by atoms with Crippen LogP contribution in [0.3, 0.4) is 0 Å². The topological polar surface area (TPSA) is 96.3 Å². The number of carbonyl (C=O) groups is 2. The van der Waals surface area contributed by atoms with Crippen molar-refractivity contribution in [1.29, 1.82) is 0 Å². The van der Waals surface area contributed by atoms with Crippen molar-refractivity contribution in [3.63, 3.8) is 0 Å². The summed E-state index contributed by atoms with van der Waals surface area (Å²) in [4.78, 5) is 25.0. The lowest BCUT2D eigenvalue weighted by molar-refractivity contribution is -0.139. The van der Waals surface area contributed by atoms with Crippen molar-refractivity contribution in [2.45, 2.75) is 31.1 Å². The number of benzene rings is 3. The quantitative estimate of drug-likeness (QED) is 0.488. The zero-order valence-corrected chi connectivity index (χ0v) is 18.2. The van der Waals surface area contributed by atoms with Gasteiger partial charge in [-0.3, -0.25) is 4.90 Å². The molecule has 1 unspecified atom stereocenters. The third kappa shape index (κ3) is 5.35. The smallest absolute Gasteiger partial charge is 0.415 e. The number of aliphatic hydroxyl groups excluding tert-OH is 1. The van der Waals surface area contributed by atoms with E-state index in [1.54, 1.807) is 24.3 Å². The van der Waals surface area contributed by atoms with Gasteiger partial charge in [0.05, 0.1) is 6.10 Å². The molecule has 3 atom stereocenters. The molecule has 3 aromatic carbocycles. The van der Waals surface area contributed by atoms with Crippen molar-refractivity contribution in [3.8, 4) is 5.75 Å². The average Bonchev–Trinajstić information content (AvgIpc) is 3.19. The predicted molar refractivity (Wildman–Crippen MR) is 122 cm³/mol. The Hall–Kier alpha value is -3.91. The van der Waals surface area contributed by atoms with E-state index in [0.29, 0.717) is 29.8 Å². The third-order valence-corrected chi connectivity index (χ3v) is 5.66. The van der Waals surface area contributed by atoms with Crippen LogP contribution >= 0.6 is 0 Å². The molecule has 1 aliphatic heterocycles. The number of aliphatic hydroxyl groups is 1. The Kier molecular flexibility index (Phi) is 7.08. The van der Waals surface area contributed by atoms with E-state index in [0.717, 1.165) is 5.56 Å². The van der Waals surface area contributed by atoms with Crippen LogP contribution < -0.4 is 9.64 Å². The first-order valence-electron chi connectivity index (χ1n) is 10.8. The van der Waals surface area contributed by atoms with Gasteiger partial charge in [-0.05, 0) is 60.4 Å². The molecular formula is C26H24FNO6. The molecule has 176 valence electrons. The molecule has 1 heterocycles. The average molecular weight is 465 g/mol. The van der Waals surface area contributed by atoms with Crippen LogP contribution in [-0.2, 0) is 16.0 Å². The molecule has 34 heavy (non-hydrogen) atoms. The van der Waals surface area contributed by atoms with Crippen LogP contribution in [0.25, 0.3) is 0 Å². The van der Waals surface area contributed by atoms with Crippen molar-refractivity contribution in [2.24, 2.45) is 0 Å². The molecule has 2 N–H and O–H groups in total. The van der Waals surface area contributed by atoms with Crippen molar-refractivity contribution >= 4 is 17.7 Å². The number of aliphatic carboxylic acids is 1. The van der Waals surface area contributed by atoms with Crippen molar-refractivity contribution in [3.05, 3.63) is 95.8 Å². The van der Waals surface area contributed by atoms with Crippen LogP contribution in [0.2, 0.25) is 0 Å². The van der Waals surface area contributed by atoms with Gasteiger partial charge in [-0.15, -0.1) is 0 Å². The van der Waals surface area contributed by atoms with Gasteiger partial charge in [0.1, 0.15) is 17.6 Å². The molecular weight excluding hydrogens is 441 g/mol. The minimum absolute atomic E-state index is 0.353. The maximum absolute atomic E-state index is 13.5. The molecule has 4 rings (SSSR count). The van der Waals surface area contributed by atoms with Gasteiger partial charge in [-0.1, -0.05) is 42.5 Å². The Balaban J connectivity index is 1.61. The van der Waals surface area contributed by atoms with Crippen LogP contribution in [0.1, 0.15) is 23.6 Å². The van der Waals surface area contributed by atoms with E-state index >= 15 is 0 Å². The number of amides is 1. The largest absolute Gasteiger partial charge is 0.482 e. The fourth-order valence-corrected chi connectivity index (χ4v) is 4.02. The van der Waals surface area contributed by atoms with Crippen molar-refractivity contribution in [1.82, 2.24) is 0 Å². The number of carboxylic acids is 1. The molecule has 3 aromatic rings. The van der Waals surface area contributed by atoms with Crippen LogP contribution in [0.4, 0.5) is 14.9 Å². The highest BCUT2D eigenvalue weighted by atomic mass is 19.1. The summed E-state index contributed by atoms with van der Waals surface area (Å²) in [5, 5.41) is 19.8. The second kappa shape index (κ2) is 10.4. The lowest BCUT2D eigenvalue weighted by Gasteiger charge is -2.27. The zero-order valence-electron chi connectivity index (χ0n) is 18.2. The molecule has 0 saturated carbocycles. The zero-order chi connectivity index (χ0) is 24.1. The van der Waals surface area contributed by atoms with Gasteiger partial charge >= 0.3 is 12.1 Å². The number of halogens is 1. The summed E-state index contributed by atoms with van der Waals surface area (Å²) in [7, 11) is 0. The van der Waals surface area contributed by atoms with Crippen LogP contribution in [0.5, 0.6) is 5.75 Å². The Labute approximate surface area is 196 Å². The van der Waals surface area contributed by atoms with Gasteiger partial charge in [0.15, 0.2) is 12.7 Å². The first kappa shape index (κ1) is 23.3. The van der Waals surface area contributed by atoms with E-state index in [4.69, 9.17) is 14.6 Å². The SMILES string of the molecule is O=C(O)COc1ccc([C@@H]2C([C@H](O)CCc3ccccc3)OC(=O)N2c2ccc(F)cc2)cc1. The van der Waals surface area contributed by atoms with E-state index in [9.17, 15) is 19.1 Å². The van der Waals surface area contributed by atoms with Gasteiger partial charge in [-0.2, -0.15) is 0 Å². The first-order valence-corrected chi connectivity index (χ1v) is 10.8. The normalized spacial score (nSPS) is 18.4. The number of anilines is 1. The standard InChI is InChI=1S/C26H24FNO6/c27-19-9-11-20(12-10-19)28-24(18-7-13-21(14-8-18)33-16-23(30)31)25(34-26(28)32)22(29)15-6-17-4-2-1-3-5-17/h1-5,7-14,22,24-25,29H,6,15-16H2,(H,30,31)/t22-,24-,25?/m1/s1. The van der Waals surface area contributed by atoms with Gasteiger partial charge in [-0.25, -0.2) is 14.0 Å². The number of cyclic esters (lactones) is 1. The van der Waals surface area contributed by atoms with Crippen LogP contribution in [0.15, 0.2) is 78.9 Å². The Morgan fingerprint density at radius 3 is 2.35 bits per heavy atom. The minimum Gasteiger partial charge on any atom is -0.482 e. The number of hydrogen-bond donors (Lipinski definition) is 2. The minimum atomic E-state index is -1.09. The fraction of sp³-hybridized carbons (Fsp3) is 0.231. The number of nitrogens with zero attached hydrogens (tertiary/aromatic N) is 1. The molecule has 7 nitrogen and oxygen atoms in total. The molecule has 0 radical (unpaired) electrons. The third-order valence-electron chi connectivity index (χ3n) is 5.66. The molecule has 8 heteroatoms. The molecule has 0 bridgehead atoms. The summed E-state index contributed by atoms with van der Waals surface area (Å²) in [6.07, 6.45) is -1.50. The van der Waals surface area contributed by atoms with Crippen molar-refractivity contribution < 1.29 is 33.7 Å². The van der Waals surface area contributed by atoms with E-state index < -0.39 is 42.7 Å². The van der Waals surface area contributed by atoms with E-state index in [-0.39, 0.29) is 0 Å². The Bertz CT molecular complexity index is 1120. The molecule has 1 fully saturated rings. The number of rotatable bonds is 9. The highest BCUT2D eigenvalue weighted by Crippen LogP contribution is 2.40. The Morgan fingerprint density at radius 1 is 1.03 bits per heavy atom. The molecule has 0 aromatic heterocycles. The number of aryl methyl sites for hydroxylation is 1. The second-order valence-corrected chi connectivity index (χ2v) is 7.98. The van der Waals surface area contributed by atoms with Gasteiger partial charge in [0.2, 0.25) is 0 Å². The lowest BCUT2D eigenvalue weighted by Crippen LogP contribution is -2.35. The Morgan fingerprint density at radius 2 is 1.71 bits per heavy atom. The molecule has 1 aliphatic rings. The number of ether oxygens (including phenoxy) is 2. The van der Waals surface area contributed by atoms with Crippen LogP contribution in [0, 0.1) is 5.82 Å². The first-order chi connectivity index (χ1) is 16.4. The molecule has 1 saturated heterocycles. The number of carboxylic acid groups (broad SMARTS) is 1. The highest BCUT2D eigenvalue weighted by molar-refractivity contribution is 5.91. The monoisotopic (exact) mass is 465 g/mol. The molecule has 1 amide bonds. The van der Waals surface area contributed by atoms with E-state index in [2.05, 4.69) is 0 Å². The summed E-state index contributed by atoms with van der Waals surface area (Å²) in [5.41, 5.74) is 2.14. The summed E-state index contributed by atoms with van der Waals surface area (Å²) in [6, 6.07) is 21.0. The molecule has 0 aliphatic carbocycles. The summed E-state index contributed by atoms with van der Waals surface area (Å²) in [5.74, 6) is -1.18. The predicted octanol–water partition coefficient (Wildman–Crippen LogP) is 4.35. The van der Waals surface area contributed by atoms with E-state index in [1.807, 2.05) is 30.3 Å². The highest BCUT2D eigenvalue weighted by Gasteiger charge is 2.46. The van der Waals surface area contributed by atoms with Gasteiger partial charge < -0.3 is 19.7 Å². The fourth-order valence-electron chi connectivity index (χ4n) is 4.02. The number of carbonyl (C=O) groups excluding carboxylic acids is 1. The maximum Gasteiger partial charge on any atom is 0.415 e. The van der Waals surface area contributed by atoms with Gasteiger partial charge in [0, 0.05) is 5.69 Å². The summed E-state index contributed by atoms with van der Waals surface area (Å²) < 4.78 is 24.3.